The van der Waals surface area contributed by atoms with E-state index in [2.05, 4.69) is 23.6 Å². The van der Waals surface area contributed by atoms with E-state index in [4.69, 9.17) is 0 Å². The Morgan fingerprint density at radius 3 is 2.26 bits per heavy atom. The molecule has 0 bridgehead atoms. The fourth-order valence-corrected chi connectivity index (χ4v) is 5.74. The Labute approximate surface area is 181 Å². The molecule has 0 amide bonds. The molecule has 8 heteroatoms. The number of hydrogen-bond donors (Lipinski definition) is 0. The second-order valence-corrected chi connectivity index (χ2v) is 10.1. The van der Waals surface area contributed by atoms with Crippen LogP contribution >= 0.6 is 0 Å². The maximum Gasteiger partial charge on any atom is 0.268 e. The number of halogens is 2. The van der Waals surface area contributed by atoms with Crippen molar-refractivity contribution >= 4 is 26.6 Å². The fraction of sp³-hybridized carbons (Fsp3) is 0.391. The predicted molar refractivity (Wildman–Crippen MR) is 120 cm³/mol. The minimum atomic E-state index is -4.01. The lowest BCUT2D eigenvalue weighted by molar-refractivity contribution is 0.153. The van der Waals surface area contributed by atoms with Crippen LogP contribution in [0.15, 0.2) is 53.6 Å². The highest BCUT2D eigenvalue weighted by atomic mass is 32.2. The zero-order valence-electron chi connectivity index (χ0n) is 17.9. The molecule has 0 atom stereocenters. The number of aryl methyl sites for hydroxylation is 1. The maximum absolute atomic E-state index is 14.0. The van der Waals surface area contributed by atoms with Gasteiger partial charge in [0.25, 0.3) is 16.4 Å². The minimum absolute atomic E-state index is 0.0844. The average molecular weight is 448 g/mol. The molecule has 1 aliphatic rings. The van der Waals surface area contributed by atoms with Gasteiger partial charge in [-0.1, -0.05) is 18.2 Å². The van der Waals surface area contributed by atoms with Gasteiger partial charge in [0.05, 0.1) is 10.4 Å². The molecule has 0 spiro atoms. The molecule has 0 N–H and O–H groups in total. The third-order valence-electron chi connectivity index (χ3n) is 5.97. The average Bonchev–Trinajstić information content (AvgIpc) is 3.15. The van der Waals surface area contributed by atoms with Gasteiger partial charge in [0.2, 0.25) is 0 Å². The van der Waals surface area contributed by atoms with Crippen LogP contribution in [-0.4, -0.2) is 49.5 Å². The van der Waals surface area contributed by atoms with Crippen LogP contribution < -0.4 is 4.90 Å². The third kappa shape index (κ3) is 3.94. The van der Waals surface area contributed by atoms with Crippen LogP contribution in [0, 0.1) is 6.92 Å². The number of fused-ring (bicyclic) bond motifs is 1. The molecule has 1 saturated heterocycles. The predicted octanol–water partition coefficient (Wildman–Crippen LogP) is 4.65. The summed E-state index contributed by atoms with van der Waals surface area (Å²) in [6.45, 7) is 9.15. The largest absolute Gasteiger partial charge is 0.368 e. The SMILES string of the molecule is Cc1cccc(S(=O)(=O)n2cc(C(F)F)c3c(N4CCN(C(C)C)CC4)cccc32)c1. The lowest BCUT2D eigenvalue weighted by Gasteiger charge is -2.38. The van der Waals surface area contributed by atoms with Crippen LogP contribution in [0.2, 0.25) is 0 Å². The van der Waals surface area contributed by atoms with Crippen molar-refractivity contribution in [2.24, 2.45) is 0 Å². The molecular formula is C23H27F2N3O2S. The van der Waals surface area contributed by atoms with E-state index in [1.807, 2.05) is 6.07 Å². The first kappa shape index (κ1) is 21.8. The zero-order chi connectivity index (χ0) is 22.3. The molecule has 0 radical (unpaired) electrons. The first-order valence-corrected chi connectivity index (χ1v) is 11.9. The fourth-order valence-electron chi connectivity index (χ4n) is 4.26. The van der Waals surface area contributed by atoms with Crippen LogP contribution in [0.5, 0.6) is 0 Å². The molecule has 0 saturated carbocycles. The summed E-state index contributed by atoms with van der Waals surface area (Å²) < 4.78 is 55.8. The number of benzene rings is 2. The first-order valence-electron chi connectivity index (χ1n) is 10.4. The standard InChI is InChI=1S/C23H27F2N3O2S/c1-16(2)26-10-12-27(13-11-26)20-8-5-9-21-22(20)19(23(24)25)15-28(21)31(29,30)18-7-4-6-17(3)14-18/h4-9,14-16,23H,10-13H2,1-3H3. The van der Waals surface area contributed by atoms with Gasteiger partial charge >= 0.3 is 0 Å². The normalized spacial score (nSPS) is 16.0. The highest BCUT2D eigenvalue weighted by Gasteiger charge is 2.28. The van der Waals surface area contributed by atoms with Crippen LogP contribution in [0.4, 0.5) is 14.5 Å². The summed E-state index contributed by atoms with van der Waals surface area (Å²) in [6, 6.07) is 12.1. The molecule has 1 aromatic heterocycles. The number of piperazine rings is 1. The highest BCUT2D eigenvalue weighted by molar-refractivity contribution is 7.90. The summed E-state index contributed by atoms with van der Waals surface area (Å²) >= 11 is 0. The molecule has 0 aliphatic carbocycles. The molecular weight excluding hydrogens is 420 g/mol. The molecule has 2 heterocycles. The lowest BCUT2D eigenvalue weighted by Crippen LogP contribution is -2.49. The second kappa shape index (κ2) is 8.24. The minimum Gasteiger partial charge on any atom is -0.368 e. The van der Waals surface area contributed by atoms with Crippen LogP contribution in [0.3, 0.4) is 0 Å². The number of rotatable bonds is 5. The Morgan fingerprint density at radius 1 is 0.968 bits per heavy atom. The molecule has 1 fully saturated rings. The monoisotopic (exact) mass is 447 g/mol. The van der Waals surface area contributed by atoms with Crippen LogP contribution in [-0.2, 0) is 10.0 Å². The Balaban J connectivity index is 1.85. The van der Waals surface area contributed by atoms with Gasteiger partial charge in [-0.3, -0.25) is 4.90 Å². The van der Waals surface area contributed by atoms with Crippen molar-refractivity contribution in [2.45, 2.75) is 38.1 Å². The molecule has 4 rings (SSSR count). The van der Waals surface area contributed by atoms with Crippen molar-refractivity contribution in [3.63, 3.8) is 0 Å². The van der Waals surface area contributed by atoms with Gasteiger partial charge in [-0.05, 0) is 50.6 Å². The van der Waals surface area contributed by atoms with Gasteiger partial charge in [0, 0.05) is 55.1 Å². The number of aromatic nitrogens is 1. The van der Waals surface area contributed by atoms with Gasteiger partial charge in [0.1, 0.15) is 0 Å². The summed E-state index contributed by atoms with van der Waals surface area (Å²) in [6.07, 6.45) is -1.70. The van der Waals surface area contributed by atoms with E-state index in [1.54, 1.807) is 37.3 Å². The number of anilines is 1. The Kier molecular flexibility index (Phi) is 5.79. The van der Waals surface area contributed by atoms with Crippen molar-refractivity contribution in [1.82, 2.24) is 8.87 Å². The summed E-state index contributed by atoms with van der Waals surface area (Å²) in [7, 11) is -4.01. The van der Waals surface area contributed by atoms with Gasteiger partial charge in [-0.2, -0.15) is 0 Å². The van der Waals surface area contributed by atoms with Gasteiger partial charge < -0.3 is 4.90 Å². The molecule has 31 heavy (non-hydrogen) atoms. The molecule has 1 aliphatic heterocycles. The summed E-state index contributed by atoms with van der Waals surface area (Å²) in [5.74, 6) is 0. The summed E-state index contributed by atoms with van der Waals surface area (Å²) in [4.78, 5) is 4.51. The Hall–Kier alpha value is -2.45. The topological polar surface area (TPSA) is 45.6 Å². The number of nitrogens with zero attached hydrogens (tertiary/aromatic N) is 3. The van der Waals surface area contributed by atoms with E-state index in [0.717, 1.165) is 28.8 Å². The smallest absolute Gasteiger partial charge is 0.268 e. The van der Waals surface area contributed by atoms with Gasteiger partial charge in [-0.15, -0.1) is 0 Å². The van der Waals surface area contributed by atoms with Crippen LogP contribution in [0.25, 0.3) is 10.9 Å². The summed E-state index contributed by atoms with van der Waals surface area (Å²) in [5, 5.41) is 0.312. The number of alkyl halides is 2. The highest BCUT2D eigenvalue weighted by Crippen LogP contribution is 2.38. The molecule has 0 unspecified atom stereocenters. The third-order valence-corrected chi connectivity index (χ3v) is 7.64. The molecule has 5 nitrogen and oxygen atoms in total. The first-order chi connectivity index (χ1) is 14.7. The van der Waals surface area contributed by atoms with E-state index in [1.165, 1.54) is 6.07 Å². The van der Waals surface area contributed by atoms with Crippen molar-refractivity contribution in [1.29, 1.82) is 0 Å². The molecule has 166 valence electrons. The van der Waals surface area contributed by atoms with Gasteiger partial charge in [-0.25, -0.2) is 21.2 Å². The van der Waals surface area contributed by atoms with Crippen LogP contribution in [0.1, 0.15) is 31.4 Å². The van der Waals surface area contributed by atoms with E-state index in [0.29, 0.717) is 30.2 Å². The lowest BCUT2D eigenvalue weighted by atomic mass is 10.1. The number of hydrogen-bond acceptors (Lipinski definition) is 4. The van der Waals surface area contributed by atoms with E-state index >= 15 is 0 Å². The maximum atomic E-state index is 14.0. The summed E-state index contributed by atoms with van der Waals surface area (Å²) in [5.41, 5.74) is 1.47. The second-order valence-electron chi connectivity index (χ2n) is 8.29. The van der Waals surface area contributed by atoms with E-state index in [-0.39, 0.29) is 16.0 Å². The molecule has 3 aromatic rings. The van der Waals surface area contributed by atoms with E-state index in [9.17, 15) is 17.2 Å². The van der Waals surface area contributed by atoms with Crippen molar-refractivity contribution in [3.8, 4) is 0 Å². The zero-order valence-corrected chi connectivity index (χ0v) is 18.7. The van der Waals surface area contributed by atoms with Crippen molar-refractivity contribution in [2.75, 3.05) is 31.1 Å². The van der Waals surface area contributed by atoms with Gasteiger partial charge in [0.15, 0.2) is 0 Å². The Morgan fingerprint density at radius 2 is 1.65 bits per heavy atom. The van der Waals surface area contributed by atoms with E-state index < -0.39 is 16.4 Å². The molecule has 2 aromatic carbocycles. The quantitative estimate of drug-likeness (QED) is 0.571. The Bertz CT molecular complexity index is 1200. The van der Waals surface area contributed by atoms with Crippen molar-refractivity contribution < 1.29 is 17.2 Å². The van der Waals surface area contributed by atoms with Crippen molar-refractivity contribution in [3.05, 3.63) is 59.8 Å².